The van der Waals surface area contributed by atoms with Gasteiger partial charge >= 0.3 is 6.09 Å². The maximum Gasteiger partial charge on any atom is 0.410 e. The second-order valence-corrected chi connectivity index (χ2v) is 4.78. The van der Waals surface area contributed by atoms with Crippen LogP contribution in [-0.4, -0.2) is 36.3 Å². The van der Waals surface area contributed by atoms with Crippen molar-refractivity contribution in [2.24, 2.45) is 0 Å². The smallest absolute Gasteiger partial charge is 0.410 e. The molecule has 1 aliphatic heterocycles. The summed E-state index contributed by atoms with van der Waals surface area (Å²) in [6, 6.07) is 0. The fraction of sp³-hybridized carbons (Fsp3) is 0.750. The van der Waals surface area contributed by atoms with Crippen molar-refractivity contribution in [3.63, 3.8) is 0 Å². The van der Waals surface area contributed by atoms with Crippen LogP contribution in [-0.2, 0) is 9.47 Å². The van der Waals surface area contributed by atoms with E-state index in [1.807, 2.05) is 33.8 Å². The van der Waals surface area contributed by atoms with Crippen LogP contribution in [0.2, 0.25) is 0 Å². The molecule has 0 spiro atoms. The Morgan fingerprint density at radius 1 is 1.50 bits per heavy atom. The number of rotatable bonds is 2. The number of carbonyl (C=O) groups excluding carboxylic acids is 1. The van der Waals surface area contributed by atoms with Gasteiger partial charge in [0.05, 0.1) is 12.4 Å². The first-order valence-electron chi connectivity index (χ1n) is 5.72. The van der Waals surface area contributed by atoms with Gasteiger partial charge < -0.3 is 14.4 Å². The Kier molecular flexibility index (Phi) is 4.21. The van der Waals surface area contributed by atoms with Gasteiger partial charge in [-0.25, -0.2) is 4.79 Å². The lowest BCUT2D eigenvalue weighted by molar-refractivity contribution is 0.0250. The summed E-state index contributed by atoms with van der Waals surface area (Å²) in [5.74, 6) is 0.974. The topological polar surface area (TPSA) is 38.8 Å². The van der Waals surface area contributed by atoms with E-state index < -0.39 is 5.60 Å². The third kappa shape index (κ3) is 4.13. The minimum atomic E-state index is -0.430. The molecule has 1 rings (SSSR count). The Labute approximate surface area is 97.2 Å². The van der Waals surface area contributed by atoms with Crippen molar-refractivity contribution in [3.8, 4) is 0 Å². The van der Waals surface area contributed by atoms with E-state index in [-0.39, 0.29) is 6.09 Å². The van der Waals surface area contributed by atoms with Crippen molar-refractivity contribution in [2.45, 2.75) is 39.7 Å². The van der Waals surface area contributed by atoms with Crippen LogP contribution in [0.15, 0.2) is 11.8 Å². The molecule has 1 heterocycles. The van der Waals surface area contributed by atoms with E-state index in [1.54, 1.807) is 4.90 Å². The molecule has 92 valence electrons. The molecule has 1 amide bonds. The number of hydrogen-bond donors (Lipinski definition) is 0. The van der Waals surface area contributed by atoms with Crippen molar-refractivity contribution < 1.29 is 14.3 Å². The molecule has 0 saturated heterocycles. The lowest BCUT2D eigenvalue weighted by Gasteiger charge is -2.29. The molecule has 1 aliphatic rings. The first-order valence-corrected chi connectivity index (χ1v) is 5.72. The average Bonchev–Trinajstić information content (AvgIpc) is 2.16. The van der Waals surface area contributed by atoms with Crippen molar-refractivity contribution in [1.29, 1.82) is 0 Å². The zero-order valence-electron chi connectivity index (χ0n) is 10.6. The predicted molar refractivity (Wildman–Crippen MR) is 62.1 cm³/mol. The van der Waals surface area contributed by atoms with Crippen LogP contribution >= 0.6 is 0 Å². The summed E-state index contributed by atoms with van der Waals surface area (Å²) in [5, 5.41) is 0. The van der Waals surface area contributed by atoms with Crippen molar-refractivity contribution in [1.82, 2.24) is 4.90 Å². The normalized spacial score (nSPS) is 16.8. The van der Waals surface area contributed by atoms with E-state index in [4.69, 9.17) is 9.47 Å². The second kappa shape index (κ2) is 5.23. The minimum absolute atomic E-state index is 0.251. The van der Waals surface area contributed by atoms with Crippen LogP contribution < -0.4 is 0 Å². The Balaban J connectivity index is 2.44. The Bertz CT molecular complexity index is 278. The third-order valence-corrected chi connectivity index (χ3v) is 2.15. The minimum Gasteiger partial charge on any atom is -0.498 e. The number of amides is 1. The third-order valence-electron chi connectivity index (χ3n) is 2.15. The van der Waals surface area contributed by atoms with E-state index in [0.29, 0.717) is 19.7 Å². The summed E-state index contributed by atoms with van der Waals surface area (Å²) >= 11 is 0. The van der Waals surface area contributed by atoms with Gasteiger partial charge in [0.25, 0.3) is 0 Å². The first kappa shape index (κ1) is 12.9. The van der Waals surface area contributed by atoms with Gasteiger partial charge in [0, 0.05) is 19.5 Å². The highest BCUT2D eigenvalue weighted by Crippen LogP contribution is 2.15. The molecule has 0 N–H and O–H groups in total. The van der Waals surface area contributed by atoms with Crippen molar-refractivity contribution in [2.75, 3.05) is 19.7 Å². The molecule has 0 fully saturated rings. The lowest BCUT2D eigenvalue weighted by atomic mass is 10.2. The molecule has 4 heteroatoms. The fourth-order valence-electron chi connectivity index (χ4n) is 1.46. The standard InChI is InChI=1S/C12H21NO3/c1-5-15-10-6-8-13(9-7-10)11(14)16-12(2,3)4/h6H,5,7-9H2,1-4H3. The predicted octanol–water partition coefficient (Wildman–Crippen LogP) is 2.55. The number of carbonyl (C=O) groups is 1. The first-order chi connectivity index (χ1) is 7.42. The van der Waals surface area contributed by atoms with Crippen LogP contribution in [0.1, 0.15) is 34.1 Å². The zero-order chi connectivity index (χ0) is 12.2. The van der Waals surface area contributed by atoms with Gasteiger partial charge in [-0.15, -0.1) is 0 Å². The quantitative estimate of drug-likeness (QED) is 0.727. The molecule has 0 saturated carbocycles. The molecule has 0 bridgehead atoms. The number of hydrogen-bond acceptors (Lipinski definition) is 3. The SMILES string of the molecule is CCOC1=CCN(C(=O)OC(C)(C)C)CC1. The highest BCUT2D eigenvalue weighted by Gasteiger charge is 2.23. The highest BCUT2D eigenvalue weighted by molar-refractivity contribution is 5.68. The fourth-order valence-corrected chi connectivity index (χ4v) is 1.46. The van der Waals surface area contributed by atoms with Crippen molar-refractivity contribution in [3.05, 3.63) is 11.8 Å². The maximum atomic E-state index is 11.7. The number of ether oxygens (including phenoxy) is 2. The van der Waals surface area contributed by atoms with Gasteiger partial charge in [0.15, 0.2) is 0 Å². The van der Waals surface area contributed by atoms with Crippen molar-refractivity contribution >= 4 is 6.09 Å². The summed E-state index contributed by atoms with van der Waals surface area (Å²) in [4.78, 5) is 13.4. The van der Waals surface area contributed by atoms with Gasteiger partial charge in [-0.1, -0.05) is 0 Å². The molecule has 0 aromatic heterocycles. The van der Waals surface area contributed by atoms with Crippen LogP contribution in [0, 0.1) is 0 Å². The lowest BCUT2D eigenvalue weighted by Crippen LogP contribution is -2.39. The van der Waals surface area contributed by atoms with Crippen LogP contribution in [0.25, 0.3) is 0 Å². The summed E-state index contributed by atoms with van der Waals surface area (Å²) < 4.78 is 10.7. The largest absolute Gasteiger partial charge is 0.498 e. The molecular weight excluding hydrogens is 206 g/mol. The molecule has 0 aromatic carbocycles. The molecule has 0 aliphatic carbocycles. The Hall–Kier alpha value is -1.19. The molecular formula is C12H21NO3. The monoisotopic (exact) mass is 227 g/mol. The van der Waals surface area contributed by atoms with Gasteiger partial charge in [0.1, 0.15) is 5.60 Å². The summed E-state index contributed by atoms with van der Waals surface area (Å²) in [6.45, 7) is 9.49. The van der Waals surface area contributed by atoms with Gasteiger partial charge in [-0.3, -0.25) is 0 Å². The molecule has 16 heavy (non-hydrogen) atoms. The van der Waals surface area contributed by atoms with Gasteiger partial charge in [-0.2, -0.15) is 0 Å². The molecule has 4 nitrogen and oxygen atoms in total. The summed E-state index contributed by atoms with van der Waals surface area (Å²) in [6.07, 6.45) is 2.46. The summed E-state index contributed by atoms with van der Waals surface area (Å²) in [5.41, 5.74) is -0.430. The maximum absolute atomic E-state index is 11.7. The zero-order valence-corrected chi connectivity index (χ0v) is 10.6. The van der Waals surface area contributed by atoms with E-state index in [0.717, 1.165) is 12.2 Å². The number of nitrogens with zero attached hydrogens (tertiary/aromatic N) is 1. The van der Waals surface area contributed by atoms with Crippen LogP contribution in [0.4, 0.5) is 4.79 Å². The van der Waals surface area contributed by atoms with Crippen LogP contribution in [0.3, 0.4) is 0 Å². The van der Waals surface area contributed by atoms with Crippen LogP contribution in [0.5, 0.6) is 0 Å². The van der Waals surface area contributed by atoms with Gasteiger partial charge in [0.2, 0.25) is 0 Å². The molecule has 0 unspecified atom stereocenters. The molecule has 0 atom stereocenters. The summed E-state index contributed by atoms with van der Waals surface area (Å²) in [7, 11) is 0. The van der Waals surface area contributed by atoms with E-state index in [9.17, 15) is 4.79 Å². The molecule has 0 aromatic rings. The Morgan fingerprint density at radius 3 is 2.62 bits per heavy atom. The average molecular weight is 227 g/mol. The van der Waals surface area contributed by atoms with Gasteiger partial charge in [-0.05, 0) is 33.8 Å². The van der Waals surface area contributed by atoms with E-state index in [1.165, 1.54) is 0 Å². The highest BCUT2D eigenvalue weighted by atomic mass is 16.6. The Morgan fingerprint density at radius 2 is 2.19 bits per heavy atom. The van der Waals surface area contributed by atoms with E-state index in [2.05, 4.69) is 0 Å². The molecule has 0 radical (unpaired) electrons. The van der Waals surface area contributed by atoms with E-state index >= 15 is 0 Å². The second-order valence-electron chi connectivity index (χ2n) is 4.78.